The number of aryl methyl sites for hydroxylation is 1. The Morgan fingerprint density at radius 3 is 2.66 bits per heavy atom. The molecule has 4 rings (SSSR count). The zero-order valence-corrected chi connectivity index (χ0v) is 20.2. The smallest absolute Gasteiger partial charge is 0.252 e. The zero-order chi connectivity index (χ0) is 22.6. The highest BCUT2D eigenvalue weighted by atomic mass is 32.2. The summed E-state index contributed by atoms with van der Waals surface area (Å²) in [4.78, 5) is 17.2. The molecule has 10 heteroatoms. The third kappa shape index (κ3) is 5.40. The standard InChI is InChI=1S/C22H32N4O4S2/c1-2-19-24-21(25-30-19)17-13-20(31-15-17)32(28,29)26-12-8-9-16(14-26)22(27)23-18-10-6-4-3-5-7-11-18/h13,15-16,18H,2-12,14H2,1H3,(H,23,27)/t16-/m0/s1. The normalized spacial score (nSPS) is 21.7. The maximum Gasteiger partial charge on any atom is 0.252 e. The number of hydrogen-bond acceptors (Lipinski definition) is 7. The number of rotatable bonds is 6. The van der Waals surface area contributed by atoms with Crippen LogP contribution in [0.4, 0.5) is 0 Å². The van der Waals surface area contributed by atoms with E-state index in [1.165, 1.54) is 23.6 Å². The number of carbonyl (C=O) groups is 1. The predicted octanol–water partition coefficient (Wildman–Crippen LogP) is 3.99. The molecule has 2 aromatic rings. The molecule has 176 valence electrons. The molecule has 0 radical (unpaired) electrons. The Kier molecular flexibility index (Phi) is 7.63. The Morgan fingerprint density at radius 2 is 1.94 bits per heavy atom. The SMILES string of the molecule is CCc1nc(-c2csc(S(=O)(=O)N3CCC[C@H](C(=O)NC4CCCCCCC4)C3)c2)no1. The molecule has 1 atom stereocenters. The Labute approximate surface area is 193 Å². The van der Waals surface area contributed by atoms with Crippen LogP contribution in [0, 0.1) is 5.92 Å². The maximum absolute atomic E-state index is 13.3. The molecule has 0 bridgehead atoms. The molecule has 1 aliphatic carbocycles. The third-order valence-electron chi connectivity index (χ3n) is 6.40. The average Bonchev–Trinajstić information content (AvgIpc) is 3.45. The minimum Gasteiger partial charge on any atom is -0.353 e. The minimum atomic E-state index is -3.67. The molecule has 8 nitrogen and oxygen atoms in total. The first kappa shape index (κ1) is 23.4. The second kappa shape index (κ2) is 10.4. The molecule has 1 aliphatic heterocycles. The molecule has 1 amide bonds. The van der Waals surface area contributed by atoms with E-state index in [9.17, 15) is 13.2 Å². The number of carbonyl (C=O) groups excluding carboxylic acids is 1. The van der Waals surface area contributed by atoms with Crippen LogP contribution in [0.3, 0.4) is 0 Å². The molecule has 32 heavy (non-hydrogen) atoms. The van der Waals surface area contributed by atoms with Crippen molar-refractivity contribution in [3.8, 4) is 11.4 Å². The van der Waals surface area contributed by atoms with E-state index in [4.69, 9.17) is 4.52 Å². The highest BCUT2D eigenvalue weighted by Gasteiger charge is 2.35. The number of nitrogens with one attached hydrogen (secondary N) is 1. The molecule has 0 unspecified atom stereocenters. The van der Waals surface area contributed by atoms with Crippen molar-refractivity contribution in [2.45, 2.75) is 81.4 Å². The van der Waals surface area contributed by atoms with E-state index in [0.29, 0.717) is 36.7 Å². The van der Waals surface area contributed by atoms with E-state index < -0.39 is 10.0 Å². The van der Waals surface area contributed by atoms with Gasteiger partial charge in [0.05, 0.1) is 5.92 Å². The zero-order valence-electron chi connectivity index (χ0n) is 18.6. The quantitative estimate of drug-likeness (QED) is 0.670. The summed E-state index contributed by atoms with van der Waals surface area (Å²) in [5.41, 5.74) is 0.632. The molecule has 3 heterocycles. The minimum absolute atomic E-state index is 0.00114. The first-order valence-electron chi connectivity index (χ1n) is 11.7. The summed E-state index contributed by atoms with van der Waals surface area (Å²) >= 11 is 1.15. The first-order valence-corrected chi connectivity index (χ1v) is 14.0. The van der Waals surface area contributed by atoms with Crippen molar-refractivity contribution in [3.63, 3.8) is 0 Å². The van der Waals surface area contributed by atoms with Gasteiger partial charge in [0.1, 0.15) is 4.21 Å². The number of aromatic nitrogens is 2. The van der Waals surface area contributed by atoms with Crippen LogP contribution in [0.5, 0.6) is 0 Å². The molecule has 2 aliphatic rings. The number of hydrogen-bond donors (Lipinski definition) is 1. The van der Waals surface area contributed by atoms with Crippen LogP contribution in [0.25, 0.3) is 11.4 Å². The number of thiophene rings is 1. The van der Waals surface area contributed by atoms with Gasteiger partial charge < -0.3 is 9.84 Å². The van der Waals surface area contributed by atoms with Gasteiger partial charge in [-0.25, -0.2) is 8.42 Å². The molecular weight excluding hydrogens is 448 g/mol. The highest BCUT2D eigenvalue weighted by Crippen LogP contribution is 2.31. The Balaban J connectivity index is 1.41. The summed E-state index contributed by atoms with van der Waals surface area (Å²) < 4.78 is 33.4. The van der Waals surface area contributed by atoms with E-state index >= 15 is 0 Å². The summed E-state index contributed by atoms with van der Waals surface area (Å²) in [6.45, 7) is 2.59. The van der Waals surface area contributed by atoms with Crippen molar-refractivity contribution in [2.24, 2.45) is 5.92 Å². The van der Waals surface area contributed by atoms with Gasteiger partial charge in [-0.1, -0.05) is 44.2 Å². The fraction of sp³-hybridized carbons (Fsp3) is 0.682. The molecule has 2 aromatic heterocycles. The highest BCUT2D eigenvalue weighted by molar-refractivity contribution is 7.91. The Hall–Kier alpha value is -1.78. The fourth-order valence-corrected chi connectivity index (χ4v) is 7.34. The van der Waals surface area contributed by atoms with E-state index in [0.717, 1.165) is 43.4 Å². The summed E-state index contributed by atoms with van der Waals surface area (Å²) in [6, 6.07) is 1.82. The Morgan fingerprint density at radius 1 is 1.19 bits per heavy atom. The van der Waals surface area contributed by atoms with Gasteiger partial charge in [0.15, 0.2) is 0 Å². The number of nitrogens with zero attached hydrogens (tertiary/aromatic N) is 3. The summed E-state index contributed by atoms with van der Waals surface area (Å²) in [7, 11) is -3.67. The van der Waals surface area contributed by atoms with Gasteiger partial charge in [-0.15, -0.1) is 11.3 Å². The van der Waals surface area contributed by atoms with Crippen LogP contribution in [0.1, 0.15) is 70.6 Å². The van der Waals surface area contributed by atoms with Gasteiger partial charge in [-0.2, -0.15) is 9.29 Å². The van der Waals surface area contributed by atoms with E-state index in [-0.39, 0.29) is 28.6 Å². The van der Waals surface area contributed by atoms with Crippen molar-refractivity contribution in [3.05, 3.63) is 17.3 Å². The molecule has 0 aromatic carbocycles. The van der Waals surface area contributed by atoms with Crippen molar-refractivity contribution >= 4 is 27.3 Å². The van der Waals surface area contributed by atoms with Gasteiger partial charge in [0.2, 0.25) is 17.6 Å². The largest absolute Gasteiger partial charge is 0.353 e. The number of piperidine rings is 1. The van der Waals surface area contributed by atoms with E-state index in [2.05, 4.69) is 15.5 Å². The molecule has 1 saturated carbocycles. The van der Waals surface area contributed by atoms with Crippen LogP contribution in [-0.4, -0.2) is 47.9 Å². The topological polar surface area (TPSA) is 105 Å². The molecule has 1 N–H and O–H groups in total. The van der Waals surface area contributed by atoms with Gasteiger partial charge >= 0.3 is 0 Å². The van der Waals surface area contributed by atoms with Crippen molar-refractivity contribution in [2.75, 3.05) is 13.1 Å². The van der Waals surface area contributed by atoms with Crippen LogP contribution in [-0.2, 0) is 21.2 Å². The summed E-state index contributed by atoms with van der Waals surface area (Å²) in [5.74, 6) is 0.619. The van der Waals surface area contributed by atoms with Gasteiger partial charge in [0, 0.05) is 36.5 Å². The third-order valence-corrected chi connectivity index (χ3v) is 9.69. The van der Waals surface area contributed by atoms with Crippen LogP contribution in [0.15, 0.2) is 20.2 Å². The second-order valence-electron chi connectivity index (χ2n) is 8.77. The summed E-state index contributed by atoms with van der Waals surface area (Å²) in [5, 5.41) is 8.88. The van der Waals surface area contributed by atoms with Crippen molar-refractivity contribution < 1.29 is 17.7 Å². The average molecular weight is 481 g/mol. The lowest BCUT2D eigenvalue weighted by Gasteiger charge is -2.32. The predicted molar refractivity (Wildman–Crippen MR) is 123 cm³/mol. The molecule has 0 spiro atoms. The van der Waals surface area contributed by atoms with Gasteiger partial charge in [-0.3, -0.25) is 4.79 Å². The lowest BCUT2D eigenvalue weighted by Crippen LogP contribution is -2.47. The van der Waals surface area contributed by atoms with Gasteiger partial charge in [-0.05, 0) is 31.7 Å². The van der Waals surface area contributed by atoms with Crippen molar-refractivity contribution in [1.29, 1.82) is 0 Å². The maximum atomic E-state index is 13.3. The van der Waals surface area contributed by atoms with Crippen LogP contribution < -0.4 is 5.32 Å². The number of amides is 1. The molecular formula is C22H32N4O4S2. The number of sulfonamides is 1. The fourth-order valence-electron chi connectivity index (χ4n) is 4.51. The van der Waals surface area contributed by atoms with Crippen LogP contribution in [0.2, 0.25) is 0 Å². The van der Waals surface area contributed by atoms with Crippen LogP contribution >= 0.6 is 11.3 Å². The monoisotopic (exact) mass is 480 g/mol. The van der Waals surface area contributed by atoms with Crippen molar-refractivity contribution in [1.82, 2.24) is 19.8 Å². The Bertz CT molecular complexity index is 1010. The first-order chi connectivity index (χ1) is 15.5. The molecule has 1 saturated heterocycles. The van der Waals surface area contributed by atoms with E-state index in [1.54, 1.807) is 11.4 Å². The lowest BCUT2D eigenvalue weighted by molar-refractivity contribution is -0.126. The van der Waals surface area contributed by atoms with Gasteiger partial charge in [0.25, 0.3) is 10.0 Å². The van der Waals surface area contributed by atoms with E-state index in [1.807, 2.05) is 6.92 Å². The summed E-state index contributed by atoms with van der Waals surface area (Å²) in [6.07, 6.45) is 10.1. The molecule has 2 fully saturated rings. The lowest BCUT2D eigenvalue weighted by atomic mass is 9.94. The second-order valence-corrected chi connectivity index (χ2v) is 11.8.